The van der Waals surface area contributed by atoms with Crippen LogP contribution in [-0.4, -0.2) is 23.5 Å². The smallest absolute Gasteiger partial charge is 0.225 e. The molecule has 30 heavy (non-hydrogen) atoms. The van der Waals surface area contributed by atoms with Crippen molar-refractivity contribution in [3.05, 3.63) is 42.7 Å². The highest BCUT2D eigenvalue weighted by atomic mass is 35.5. The van der Waals surface area contributed by atoms with Crippen molar-refractivity contribution in [1.29, 1.82) is 0 Å². The summed E-state index contributed by atoms with van der Waals surface area (Å²) < 4.78 is 5.92. The second-order valence-corrected chi connectivity index (χ2v) is 7.29. The molecule has 0 fully saturated rings. The standard InChI is InChI=1S/C23H33N3O2.2ClH/c1-3-4-5-6-7-8-14-28-20-11-12-21(19-10-9-13-25-17-19)22(16-20)26-23(27)15-18(2)24;;/h9-13,16-18H,3-8,14-15,24H2,1-2H3,(H,26,27);2*1H. The van der Waals surface area contributed by atoms with E-state index in [1.54, 1.807) is 12.4 Å². The highest BCUT2D eigenvalue weighted by Crippen LogP contribution is 2.31. The summed E-state index contributed by atoms with van der Waals surface area (Å²) in [6.45, 7) is 4.73. The zero-order valence-corrected chi connectivity index (χ0v) is 19.6. The molecule has 1 aromatic carbocycles. The highest BCUT2D eigenvalue weighted by molar-refractivity contribution is 5.96. The first-order chi connectivity index (χ1) is 13.6. The second-order valence-electron chi connectivity index (χ2n) is 7.29. The molecule has 0 aliphatic heterocycles. The summed E-state index contributed by atoms with van der Waals surface area (Å²) in [5.41, 5.74) is 8.34. The van der Waals surface area contributed by atoms with Gasteiger partial charge in [0.05, 0.1) is 12.3 Å². The first-order valence-corrected chi connectivity index (χ1v) is 10.3. The minimum atomic E-state index is -0.186. The lowest BCUT2D eigenvalue weighted by Gasteiger charge is -2.15. The molecule has 2 rings (SSSR count). The van der Waals surface area contributed by atoms with Crippen LogP contribution in [0.1, 0.15) is 58.8 Å². The number of nitrogens with two attached hydrogens (primary N) is 1. The number of amides is 1. The van der Waals surface area contributed by atoms with Crippen molar-refractivity contribution in [2.24, 2.45) is 5.73 Å². The summed E-state index contributed by atoms with van der Waals surface area (Å²) >= 11 is 0. The van der Waals surface area contributed by atoms with Gasteiger partial charge < -0.3 is 15.8 Å². The van der Waals surface area contributed by atoms with Gasteiger partial charge in [-0.25, -0.2) is 0 Å². The number of ether oxygens (including phenoxy) is 1. The minimum Gasteiger partial charge on any atom is -0.494 e. The zero-order chi connectivity index (χ0) is 20.2. The topological polar surface area (TPSA) is 77.2 Å². The van der Waals surface area contributed by atoms with Crippen LogP contribution in [-0.2, 0) is 4.79 Å². The number of anilines is 1. The van der Waals surface area contributed by atoms with Crippen LogP contribution in [0.25, 0.3) is 11.1 Å². The maximum absolute atomic E-state index is 12.3. The van der Waals surface area contributed by atoms with Crippen LogP contribution in [0.2, 0.25) is 0 Å². The number of hydrogen-bond acceptors (Lipinski definition) is 4. The Morgan fingerprint density at radius 2 is 1.87 bits per heavy atom. The van der Waals surface area contributed by atoms with Gasteiger partial charge in [0, 0.05) is 42.0 Å². The largest absolute Gasteiger partial charge is 0.494 e. The molecule has 5 nitrogen and oxygen atoms in total. The molecule has 1 atom stereocenters. The summed E-state index contributed by atoms with van der Waals surface area (Å²) in [7, 11) is 0. The molecule has 0 spiro atoms. The molecule has 0 aliphatic carbocycles. The van der Waals surface area contributed by atoms with E-state index >= 15 is 0 Å². The molecule has 0 saturated heterocycles. The van der Waals surface area contributed by atoms with Gasteiger partial charge in [-0.2, -0.15) is 0 Å². The number of pyridine rings is 1. The van der Waals surface area contributed by atoms with E-state index in [9.17, 15) is 4.79 Å². The van der Waals surface area contributed by atoms with Gasteiger partial charge in [-0.3, -0.25) is 9.78 Å². The third-order valence-electron chi connectivity index (χ3n) is 4.51. The van der Waals surface area contributed by atoms with Gasteiger partial charge >= 0.3 is 0 Å². The highest BCUT2D eigenvalue weighted by Gasteiger charge is 2.12. The lowest BCUT2D eigenvalue weighted by molar-refractivity contribution is -0.116. The number of unbranched alkanes of at least 4 members (excludes halogenated alkanes) is 5. The van der Waals surface area contributed by atoms with Crippen molar-refractivity contribution in [2.45, 2.75) is 64.8 Å². The Balaban J connectivity index is 0.00000420. The molecule has 1 amide bonds. The maximum Gasteiger partial charge on any atom is 0.225 e. The number of carbonyl (C=O) groups is 1. The Bertz CT molecular complexity index is 728. The van der Waals surface area contributed by atoms with Gasteiger partial charge in [0.25, 0.3) is 0 Å². The summed E-state index contributed by atoms with van der Waals surface area (Å²) in [5.74, 6) is 0.658. The van der Waals surface area contributed by atoms with E-state index in [0.29, 0.717) is 6.61 Å². The fraction of sp³-hybridized carbons (Fsp3) is 0.478. The second kappa shape index (κ2) is 15.9. The van der Waals surface area contributed by atoms with Gasteiger partial charge in [-0.15, -0.1) is 24.8 Å². The summed E-state index contributed by atoms with van der Waals surface area (Å²) in [6, 6.07) is 9.47. The average Bonchev–Trinajstić information content (AvgIpc) is 2.67. The number of aromatic nitrogens is 1. The molecule has 1 heterocycles. The number of carbonyl (C=O) groups excluding carboxylic acids is 1. The lowest BCUT2D eigenvalue weighted by Crippen LogP contribution is -2.24. The quantitative estimate of drug-likeness (QED) is 0.384. The van der Waals surface area contributed by atoms with Crippen LogP contribution >= 0.6 is 24.8 Å². The van der Waals surface area contributed by atoms with E-state index in [0.717, 1.165) is 29.0 Å². The zero-order valence-electron chi connectivity index (χ0n) is 17.9. The molecule has 0 radical (unpaired) electrons. The first kappa shape index (κ1) is 28.2. The van der Waals surface area contributed by atoms with Crippen molar-refractivity contribution in [1.82, 2.24) is 4.98 Å². The average molecular weight is 456 g/mol. The fourth-order valence-electron chi connectivity index (χ4n) is 3.06. The molecular formula is C23H35Cl2N3O2. The molecule has 3 N–H and O–H groups in total. The Kier molecular flexibility index (Phi) is 15.0. The SMILES string of the molecule is CCCCCCCCOc1ccc(-c2cccnc2)c(NC(=O)CC(C)N)c1.Cl.Cl. The molecule has 1 aromatic heterocycles. The Labute approximate surface area is 193 Å². The van der Waals surface area contributed by atoms with Crippen LogP contribution in [0.15, 0.2) is 42.7 Å². The van der Waals surface area contributed by atoms with Crippen molar-refractivity contribution >= 4 is 36.4 Å². The first-order valence-electron chi connectivity index (χ1n) is 10.3. The van der Waals surface area contributed by atoms with Crippen LogP contribution in [0.4, 0.5) is 5.69 Å². The van der Waals surface area contributed by atoms with E-state index < -0.39 is 0 Å². The number of benzene rings is 1. The number of rotatable bonds is 12. The predicted molar refractivity (Wildman–Crippen MR) is 130 cm³/mol. The van der Waals surface area contributed by atoms with Crippen molar-refractivity contribution in [3.63, 3.8) is 0 Å². The van der Waals surface area contributed by atoms with Crippen LogP contribution in [0.3, 0.4) is 0 Å². The Morgan fingerprint density at radius 3 is 2.53 bits per heavy atom. The van der Waals surface area contributed by atoms with Gasteiger partial charge in [0.2, 0.25) is 5.91 Å². The van der Waals surface area contributed by atoms with Gasteiger partial charge in [0.1, 0.15) is 5.75 Å². The number of hydrogen-bond donors (Lipinski definition) is 2. The minimum absolute atomic E-state index is 0. The van der Waals surface area contributed by atoms with Crippen LogP contribution < -0.4 is 15.8 Å². The number of halogens is 2. The molecule has 0 bridgehead atoms. The molecule has 2 aromatic rings. The Hall–Kier alpha value is -1.82. The van der Waals surface area contributed by atoms with Crippen LogP contribution in [0.5, 0.6) is 5.75 Å². The molecule has 0 aliphatic rings. The Morgan fingerprint density at radius 1 is 1.13 bits per heavy atom. The van der Waals surface area contributed by atoms with Crippen molar-refractivity contribution < 1.29 is 9.53 Å². The van der Waals surface area contributed by atoms with Crippen molar-refractivity contribution in [3.8, 4) is 16.9 Å². The van der Waals surface area contributed by atoms with Gasteiger partial charge in [-0.1, -0.05) is 45.1 Å². The van der Waals surface area contributed by atoms with E-state index in [1.807, 2.05) is 37.3 Å². The van der Waals surface area contributed by atoms with Gasteiger partial charge in [0.15, 0.2) is 0 Å². The fourth-order valence-corrected chi connectivity index (χ4v) is 3.06. The number of nitrogens with zero attached hydrogens (tertiary/aromatic N) is 1. The number of nitrogens with one attached hydrogen (secondary N) is 1. The summed E-state index contributed by atoms with van der Waals surface area (Å²) in [4.78, 5) is 16.4. The van der Waals surface area contributed by atoms with E-state index in [2.05, 4.69) is 17.2 Å². The maximum atomic E-state index is 12.3. The normalized spacial score (nSPS) is 11.0. The molecule has 1 unspecified atom stereocenters. The summed E-state index contributed by atoms with van der Waals surface area (Å²) in [6.07, 6.45) is 11.1. The van der Waals surface area contributed by atoms with Gasteiger partial charge in [-0.05, 0) is 31.5 Å². The summed E-state index contributed by atoms with van der Waals surface area (Å²) in [5, 5.41) is 2.98. The third-order valence-corrected chi connectivity index (χ3v) is 4.51. The molecule has 168 valence electrons. The van der Waals surface area contributed by atoms with Crippen LogP contribution in [0, 0.1) is 0 Å². The van der Waals surface area contributed by atoms with E-state index in [-0.39, 0.29) is 43.2 Å². The monoisotopic (exact) mass is 455 g/mol. The predicted octanol–water partition coefficient (Wildman–Crippen LogP) is 6.01. The van der Waals surface area contributed by atoms with E-state index in [4.69, 9.17) is 10.5 Å². The molecule has 7 heteroatoms. The lowest BCUT2D eigenvalue weighted by atomic mass is 10.0. The van der Waals surface area contributed by atoms with Crippen molar-refractivity contribution in [2.75, 3.05) is 11.9 Å². The molecule has 0 saturated carbocycles. The van der Waals surface area contributed by atoms with E-state index in [1.165, 1.54) is 32.1 Å². The molecular weight excluding hydrogens is 421 g/mol. The third kappa shape index (κ3) is 10.3.